The van der Waals surface area contributed by atoms with Crippen molar-refractivity contribution < 1.29 is 8.78 Å². The molecule has 0 bridgehead atoms. The Morgan fingerprint density at radius 3 is 2.38 bits per heavy atom. The average molecular weight is 222 g/mol. The van der Waals surface area contributed by atoms with Crippen molar-refractivity contribution in [1.29, 1.82) is 0 Å². The van der Waals surface area contributed by atoms with E-state index in [1.165, 1.54) is 12.0 Å². The van der Waals surface area contributed by atoms with Gasteiger partial charge in [0.15, 0.2) is 0 Å². The summed E-state index contributed by atoms with van der Waals surface area (Å²) in [5, 5.41) is 0. The maximum absolute atomic E-state index is 13.9. The summed E-state index contributed by atoms with van der Waals surface area (Å²) in [6, 6.07) is 5.31. The van der Waals surface area contributed by atoms with E-state index in [1.54, 1.807) is 12.1 Å². The van der Waals surface area contributed by atoms with Crippen LogP contribution in [0.25, 0.3) is 0 Å². The first-order valence-electron chi connectivity index (χ1n) is 6.18. The van der Waals surface area contributed by atoms with Crippen LogP contribution in [0.5, 0.6) is 0 Å². The van der Waals surface area contributed by atoms with Crippen LogP contribution in [0, 0.1) is 5.92 Å². The molecular formula is C14H16F2. The summed E-state index contributed by atoms with van der Waals surface area (Å²) in [5.74, 6) is -2.99. The van der Waals surface area contributed by atoms with Gasteiger partial charge < -0.3 is 0 Å². The first-order valence-corrected chi connectivity index (χ1v) is 6.18. The summed E-state index contributed by atoms with van der Waals surface area (Å²) < 4.78 is 27.8. The maximum atomic E-state index is 13.9. The van der Waals surface area contributed by atoms with Crippen molar-refractivity contribution in [3.05, 3.63) is 34.9 Å². The summed E-state index contributed by atoms with van der Waals surface area (Å²) >= 11 is 0. The van der Waals surface area contributed by atoms with Crippen LogP contribution >= 0.6 is 0 Å². The molecule has 2 heteroatoms. The first kappa shape index (κ1) is 10.2. The van der Waals surface area contributed by atoms with E-state index in [0.29, 0.717) is 12.8 Å². The predicted octanol–water partition coefficient (Wildman–Crippen LogP) is 4.07. The summed E-state index contributed by atoms with van der Waals surface area (Å²) in [6.07, 6.45) is 5.75. The second kappa shape index (κ2) is 3.54. The highest BCUT2D eigenvalue weighted by atomic mass is 19.3. The van der Waals surface area contributed by atoms with E-state index in [1.807, 2.05) is 6.07 Å². The number of benzene rings is 1. The van der Waals surface area contributed by atoms with Crippen LogP contribution < -0.4 is 0 Å². The normalized spacial score (nSPS) is 20.6. The van der Waals surface area contributed by atoms with Crippen molar-refractivity contribution in [2.24, 2.45) is 5.92 Å². The molecule has 0 aromatic heterocycles. The van der Waals surface area contributed by atoms with Gasteiger partial charge >= 0.3 is 0 Å². The third kappa shape index (κ3) is 1.64. The number of rotatable bonds is 2. The molecule has 0 heterocycles. The lowest BCUT2D eigenvalue weighted by molar-refractivity contribution is -0.0286. The number of aryl methyl sites for hydroxylation is 2. The number of halogens is 2. The highest BCUT2D eigenvalue weighted by Crippen LogP contribution is 2.50. The Balaban J connectivity index is 1.96. The highest BCUT2D eigenvalue weighted by molar-refractivity contribution is 5.36. The molecule has 0 atom stereocenters. The van der Waals surface area contributed by atoms with Gasteiger partial charge in [-0.2, -0.15) is 0 Å². The predicted molar refractivity (Wildman–Crippen MR) is 59.7 cm³/mol. The van der Waals surface area contributed by atoms with Crippen LogP contribution in [0.2, 0.25) is 0 Å². The molecule has 1 aromatic rings. The fourth-order valence-corrected chi connectivity index (χ4v) is 2.62. The van der Waals surface area contributed by atoms with E-state index >= 15 is 0 Å². The fraction of sp³-hybridized carbons (Fsp3) is 0.571. The van der Waals surface area contributed by atoms with E-state index in [-0.39, 0.29) is 5.56 Å². The lowest BCUT2D eigenvalue weighted by Gasteiger charge is -2.21. The van der Waals surface area contributed by atoms with Gasteiger partial charge in [-0.05, 0) is 55.7 Å². The molecule has 0 N–H and O–H groups in total. The molecule has 0 nitrogen and oxygen atoms in total. The summed E-state index contributed by atoms with van der Waals surface area (Å²) in [4.78, 5) is 0. The molecule has 0 saturated heterocycles. The van der Waals surface area contributed by atoms with Crippen molar-refractivity contribution >= 4 is 0 Å². The minimum Gasteiger partial charge on any atom is -0.201 e. The molecule has 0 unspecified atom stereocenters. The lowest BCUT2D eigenvalue weighted by atomic mass is 9.89. The molecule has 16 heavy (non-hydrogen) atoms. The van der Waals surface area contributed by atoms with Gasteiger partial charge in [0.25, 0.3) is 5.92 Å². The van der Waals surface area contributed by atoms with Crippen molar-refractivity contribution in [2.75, 3.05) is 0 Å². The first-order chi connectivity index (χ1) is 7.68. The number of alkyl halides is 2. The van der Waals surface area contributed by atoms with Gasteiger partial charge in [0.1, 0.15) is 0 Å². The zero-order valence-electron chi connectivity index (χ0n) is 9.31. The second-order valence-corrected chi connectivity index (χ2v) is 5.09. The Hall–Kier alpha value is -0.920. The van der Waals surface area contributed by atoms with Gasteiger partial charge in [0.2, 0.25) is 0 Å². The van der Waals surface area contributed by atoms with Gasteiger partial charge in [-0.1, -0.05) is 12.1 Å². The van der Waals surface area contributed by atoms with Crippen molar-refractivity contribution in [3.63, 3.8) is 0 Å². The molecule has 86 valence electrons. The van der Waals surface area contributed by atoms with Crippen LogP contribution in [0.15, 0.2) is 18.2 Å². The van der Waals surface area contributed by atoms with Crippen molar-refractivity contribution in [3.8, 4) is 0 Å². The van der Waals surface area contributed by atoms with E-state index in [2.05, 4.69) is 0 Å². The van der Waals surface area contributed by atoms with Gasteiger partial charge in [-0.25, -0.2) is 8.78 Å². The summed E-state index contributed by atoms with van der Waals surface area (Å²) in [6.45, 7) is 0. The monoisotopic (exact) mass is 222 g/mol. The molecule has 1 saturated carbocycles. The minimum atomic E-state index is -2.59. The summed E-state index contributed by atoms with van der Waals surface area (Å²) in [5.41, 5.74) is 2.68. The van der Waals surface area contributed by atoms with Crippen LogP contribution in [0.1, 0.15) is 42.4 Å². The van der Waals surface area contributed by atoms with Gasteiger partial charge in [0.05, 0.1) is 0 Å². The van der Waals surface area contributed by atoms with Gasteiger partial charge in [0, 0.05) is 11.5 Å². The molecule has 0 radical (unpaired) electrons. The topological polar surface area (TPSA) is 0 Å². The van der Waals surface area contributed by atoms with Gasteiger partial charge in [-0.15, -0.1) is 0 Å². The largest absolute Gasteiger partial charge is 0.276 e. The van der Waals surface area contributed by atoms with Gasteiger partial charge in [-0.3, -0.25) is 0 Å². The molecule has 0 spiro atoms. The maximum Gasteiger partial charge on any atom is 0.276 e. The molecule has 1 aromatic carbocycles. The number of hydrogen-bond donors (Lipinski definition) is 0. The Kier molecular flexibility index (Phi) is 2.27. The standard InChI is InChI=1S/C14H16F2/c15-14(16,12-7-8-12)13-6-5-10-3-1-2-4-11(10)9-13/h5-6,9,12H,1-4,7-8H2. The smallest absolute Gasteiger partial charge is 0.201 e. The quantitative estimate of drug-likeness (QED) is 0.707. The Bertz CT molecular complexity index is 405. The van der Waals surface area contributed by atoms with E-state index in [4.69, 9.17) is 0 Å². The van der Waals surface area contributed by atoms with Crippen LogP contribution in [0.3, 0.4) is 0 Å². The van der Waals surface area contributed by atoms with E-state index in [9.17, 15) is 8.78 Å². The highest BCUT2D eigenvalue weighted by Gasteiger charge is 2.48. The van der Waals surface area contributed by atoms with E-state index < -0.39 is 11.8 Å². The number of fused-ring (bicyclic) bond motifs is 1. The van der Waals surface area contributed by atoms with E-state index in [0.717, 1.165) is 24.8 Å². The molecule has 0 aliphatic heterocycles. The lowest BCUT2D eigenvalue weighted by Crippen LogP contribution is -2.17. The third-order valence-corrected chi connectivity index (χ3v) is 3.82. The average Bonchev–Trinajstić information content (AvgIpc) is 3.12. The zero-order chi connectivity index (χ0) is 11.2. The van der Waals surface area contributed by atoms with Crippen molar-refractivity contribution in [1.82, 2.24) is 0 Å². The molecule has 0 amide bonds. The minimum absolute atomic E-state index is 0.246. The Labute approximate surface area is 94.7 Å². The Morgan fingerprint density at radius 1 is 1.00 bits per heavy atom. The third-order valence-electron chi connectivity index (χ3n) is 3.82. The molecule has 2 aliphatic carbocycles. The SMILES string of the molecule is FC(F)(c1ccc2c(c1)CCCC2)C1CC1. The van der Waals surface area contributed by atoms with Crippen molar-refractivity contribution in [2.45, 2.75) is 44.4 Å². The van der Waals surface area contributed by atoms with Crippen LogP contribution in [0.4, 0.5) is 8.78 Å². The Morgan fingerprint density at radius 2 is 1.69 bits per heavy atom. The summed E-state index contributed by atoms with van der Waals surface area (Å²) in [7, 11) is 0. The molecule has 3 rings (SSSR count). The fourth-order valence-electron chi connectivity index (χ4n) is 2.62. The zero-order valence-corrected chi connectivity index (χ0v) is 9.31. The van der Waals surface area contributed by atoms with Crippen LogP contribution in [-0.4, -0.2) is 0 Å². The molecular weight excluding hydrogens is 206 g/mol. The molecule has 2 aliphatic rings. The van der Waals surface area contributed by atoms with Crippen LogP contribution in [-0.2, 0) is 18.8 Å². The number of hydrogen-bond acceptors (Lipinski definition) is 0. The second-order valence-electron chi connectivity index (χ2n) is 5.09. The molecule has 1 fully saturated rings.